The monoisotopic (exact) mass is 454 g/mol. The van der Waals surface area contributed by atoms with E-state index in [-0.39, 0.29) is 39.6 Å². The van der Waals surface area contributed by atoms with Gasteiger partial charge in [0.2, 0.25) is 0 Å². The molecule has 0 aromatic carbocycles. The molecule has 2 fully saturated rings. The number of carbonyl (C=O) groups is 1. The van der Waals surface area contributed by atoms with Gasteiger partial charge in [0.15, 0.2) is 0 Å². The van der Waals surface area contributed by atoms with Crippen LogP contribution in [0.5, 0.6) is 0 Å². The lowest BCUT2D eigenvalue weighted by Gasteiger charge is -2.61. The van der Waals surface area contributed by atoms with Gasteiger partial charge in [0.25, 0.3) is 0 Å². The second-order valence-electron chi connectivity index (χ2n) is 13.2. The van der Waals surface area contributed by atoms with Gasteiger partial charge < -0.3 is 10.2 Å². The minimum absolute atomic E-state index is 0.0245. The van der Waals surface area contributed by atoms with Gasteiger partial charge in [-0.1, -0.05) is 58.4 Å². The van der Waals surface area contributed by atoms with Crippen LogP contribution in [-0.4, -0.2) is 22.3 Å². The van der Waals surface area contributed by atoms with E-state index in [1.165, 1.54) is 16.7 Å². The standard InChI is InChI=1S/C30H46O3/c1-19(2)9-8-10-20(26(32)33)21-13-17-30(7)23-11-12-24-27(3,4)25(31)15-16-28(24,5)22(23)14-18-29(21,30)6/h9,11,14,20-21,24-25,31H,8,10,12-13,15-18H2,1-7H3,(H,32,33)/t20?,21-,24+,25+,28-,29-,30+/m1/s1. The lowest BCUT2D eigenvalue weighted by atomic mass is 9.44. The number of hydrogen-bond donors (Lipinski definition) is 2. The molecule has 0 aromatic heterocycles. The van der Waals surface area contributed by atoms with Crippen LogP contribution in [0, 0.1) is 39.4 Å². The number of aliphatic hydroxyl groups is 1. The highest BCUT2D eigenvalue weighted by atomic mass is 16.4. The van der Waals surface area contributed by atoms with Gasteiger partial charge in [-0.15, -0.1) is 0 Å². The summed E-state index contributed by atoms with van der Waals surface area (Å²) in [7, 11) is 0. The highest BCUT2D eigenvalue weighted by molar-refractivity contribution is 5.71. The molecule has 0 amide bonds. The first-order valence-electron chi connectivity index (χ1n) is 13.2. The van der Waals surface area contributed by atoms with Crippen molar-refractivity contribution in [3.8, 4) is 0 Å². The smallest absolute Gasteiger partial charge is 0.306 e. The van der Waals surface area contributed by atoms with E-state index in [9.17, 15) is 15.0 Å². The Bertz CT molecular complexity index is 904. The predicted octanol–water partition coefficient (Wildman–Crippen LogP) is 7.32. The summed E-state index contributed by atoms with van der Waals surface area (Å²) in [4.78, 5) is 12.4. The van der Waals surface area contributed by atoms with E-state index < -0.39 is 5.97 Å². The molecule has 33 heavy (non-hydrogen) atoms. The number of carboxylic acids is 1. The van der Waals surface area contributed by atoms with Crippen LogP contribution in [0.1, 0.15) is 99.8 Å². The summed E-state index contributed by atoms with van der Waals surface area (Å²) in [6.07, 6.45) is 14.5. The van der Waals surface area contributed by atoms with E-state index in [2.05, 4.69) is 66.7 Å². The molecule has 0 heterocycles. The van der Waals surface area contributed by atoms with Crippen LogP contribution in [-0.2, 0) is 4.79 Å². The van der Waals surface area contributed by atoms with Crippen LogP contribution in [0.25, 0.3) is 0 Å². The van der Waals surface area contributed by atoms with Crippen LogP contribution in [0.4, 0.5) is 0 Å². The van der Waals surface area contributed by atoms with Crippen molar-refractivity contribution in [2.45, 2.75) is 106 Å². The minimum atomic E-state index is -0.616. The van der Waals surface area contributed by atoms with Crippen molar-refractivity contribution in [2.75, 3.05) is 0 Å². The first kappa shape index (κ1) is 24.8. The molecule has 4 aliphatic carbocycles. The maximum Gasteiger partial charge on any atom is 0.306 e. The van der Waals surface area contributed by atoms with E-state index in [0.29, 0.717) is 5.92 Å². The third kappa shape index (κ3) is 3.51. The molecule has 1 unspecified atom stereocenters. The molecule has 7 atom stereocenters. The highest BCUT2D eigenvalue weighted by Crippen LogP contribution is 2.71. The maximum atomic E-state index is 12.4. The summed E-state index contributed by atoms with van der Waals surface area (Å²) in [6.45, 7) is 16.0. The highest BCUT2D eigenvalue weighted by Gasteiger charge is 2.63. The van der Waals surface area contributed by atoms with Crippen molar-refractivity contribution in [3.63, 3.8) is 0 Å². The van der Waals surface area contributed by atoms with E-state index in [1.807, 2.05) is 0 Å². The number of rotatable bonds is 5. The molecule has 0 saturated heterocycles. The Morgan fingerprint density at radius 3 is 2.42 bits per heavy atom. The summed E-state index contributed by atoms with van der Waals surface area (Å²) in [5.74, 6) is -0.238. The number of hydrogen-bond acceptors (Lipinski definition) is 2. The predicted molar refractivity (Wildman–Crippen MR) is 135 cm³/mol. The fourth-order valence-corrected chi connectivity index (χ4v) is 8.73. The molecular weight excluding hydrogens is 408 g/mol. The Morgan fingerprint density at radius 1 is 1.09 bits per heavy atom. The molecule has 4 aliphatic rings. The molecule has 3 heteroatoms. The molecule has 2 saturated carbocycles. The lowest BCUT2D eigenvalue weighted by Crippen LogP contribution is -2.54. The van der Waals surface area contributed by atoms with E-state index in [1.54, 1.807) is 0 Å². The zero-order valence-electron chi connectivity index (χ0n) is 22.0. The average Bonchev–Trinajstić information content (AvgIpc) is 3.00. The minimum Gasteiger partial charge on any atom is -0.481 e. The van der Waals surface area contributed by atoms with E-state index in [0.717, 1.165) is 51.4 Å². The number of carboxylic acid groups (broad SMARTS) is 1. The second-order valence-corrected chi connectivity index (χ2v) is 13.2. The second kappa shape index (κ2) is 8.11. The molecule has 4 rings (SSSR count). The van der Waals surface area contributed by atoms with Gasteiger partial charge in [-0.05, 0) is 110 Å². The van der Waals surface area contributed by atoms with Crippen LogP contribution in [0.2, 0.25) is 0 Å². The number of aliphatic hydroxyl groups excluding tert-OH is 1. The summed E-state index contributed by atoms with van der Waals surface area (Å²) in [5, 5.41) is 21.0. The van der Waals surface area contributed by atoms with Crippen molar-refractivity contribution in [1.82, 2.24) is 0 Å². The van der Waals surface area contributed by atoms with Crippen molar-refractivity contribution in [1.29, 1.82) is 0 Å². The van der Waals surface area contributed by atoms with Gasteiger partial charge >= 0.3 is 5.97 Å². The SMILES string of the molecule is CC(C)=CCCC(C(=O)O)[C@H]1CC[C@@]2(C)C3=CC[C@H]4C(C)(C)[C@@H](O)CC[C@]4(C)C3=CC[C@]12C. The first-order valence-corrected chi connectivity index (χ1v) is 13.2. The molecule has 3 nitrogen and oxygen atoms in total. The van der Waals surface area contributed by atoms with Crippen molar-refractivity contribution < 1.29 is 15.0 Å². The molecular formula is C30H46O3. The summed E-state index contributed by atoms with van der Waals surface area (Å²) in [5.41, 5.74) is 4.32. The quantitative estimate of drug-likeness (QED) is 0.428. The van der Waals surface area contributed by atoms with Crippen molar-refractivity contribution in [3.05, 3.63) is 34.9 Å². The van der Waals surface area contributed by atoms with Gasteiger partial charge in [-0.3, -0.25) is 4.79 Å². The van der Waals surface area contributed by atoms with Gasteiger partial charge in [0.1, 0.15) is 0 Å². The van der Waals surface area contributed by atoms with E-state index >= 15 is 0 Å². The molecule has 0 aliphatic heterocycles. The lowest BCUT2D eigenvalue weighted by molar-refractivity contribution is -0.146. The third-order valence-corrected chi connectivity index (χ3v) is 11.1. The largest absolute Gasteiger partial charge is 0.481 e. The van der Waals surface area contributed by atoms with Crippen molar-refractivity contribution in [2.24, 2.45) is 39.4 Å². The Balaban J connectivity index is 1.70. The molecule has 0 bridgehead atoms. The summed E-state index contributed by atoms with van der Waals surface area (Å²) in [6, 6.07) is 0. The van der Waals surface area contributed by atoms with Gasteiger partial charge in [0.05, 0.1) is 12.0 Å². The maximum absolute atomic E-state index is 12.4. The Labute approximate surface area is 201 Å². The Hall–Kier alpha value is -1.35. The third-order valence-electron chi connectivity index (χ3n) is 11.1. The normalized spacial score (nSPS) is 42.2. The zero-order chi connectivity index (χ0) is 24.4. The van der Waals surface area contributed by atoms with Crippen LogP contribution >= 0.6 is 0 Å². The topological polar surface area (TPSA) is 57.5 Å². The average molecular weight is 455 g/mol. The van der Waals surface area contributed by atoms with E-state index in [4.69, 9.17) is 0 Å². The number of fused-ring (bicyclic) bond motifs is 5. The van der Waals surface area contributed by atoms with Gasteiger partial charge in [-0.2, -0.15) is 0 Å². The Kier molecular flexibility index (Phi) is 6.08. The first-order chi connectivity index (χ1) is 15.3. The molecule has 0 aromatic rings. The molecule has 184 valence electrons. The number of allylic oxidation sites excluding steroid dienone is 6. The van der Waals surface area contributed by atoms with Crippen LogP contribution < -0.4 is 0 Å². The number of aliphatic carboxylic acids is 1. The fraction of sp³-hybridized carbons (Fsp3) is 0.767. The van der Waals surface area contributed by atoms with Gasteiger partial charge in [0, 0.05) is 0 Å². The van der Waals surface area contributed by atoms with Gasteiger partial charge in [-0.25, -0.2) is 0 Å². The molecule has 0 radical (unpaired) electrons. The van der Waals surface area contributed by atoms with Crippen molar-refractivity contribution >= 4 is 5.97 Å². The zero-order valence-corrected chi connectivity index (χ0v) is 22.0. The molecule has 0 spiro atoms. The summed E-state index contributed by atoms with van der Waals surface area (Å²) < 4.78 is 0. The van der Waals surface area contributed by atoms with Crippen LogP contribution in [0.3, 0.4) is 0 Å². The Morgan fingerprint density at radius 2 is 1.79 bits per heavy atom. The van der Waals surface area contributed by atoms with Crippen LogP contribution in [0.15, 0.2) is 34.9 Å². The molecule has 2 N–H and O–H groups in total. The fourth-order valence-electron chi connectivity index (χ4n) is 8.73. The summed E-state index contributed by atoms with van der Waals surface area (Å²) >= 11 is 0.